The van der Waals surface area contributed by atoms with Gasteiger partial charge in [-0.15, -0.1) is 0 Å². The third-order valence-electron chi connectivity index (χ3n) is 3.23. The molecule has 0 spiro atoms. The summed E-state index contributed by atoms with van der Waals surface area (Å²) in [5, 5.41) is 9.17. The second kappa shape index (κ2) is 5.46. The van der Waals surface area contributed by atoms with Crippen LogP contribution in [0.5, 0.6) is 11.5 Å². The number of aromatic nitrogens is 1. The highest BCUT2D eigenvalue weighted by Gasteiger charge is 2.11. The Balaban J connectivity index is 2.11. The van der Waals surface area contributed by atoms with Gasteiger partial charge < -0.3 is 19.0 Å². The number of hydrogen-bond donors (Lipinski definition) is 1. The summed E-state index contributed by atoms with van der Waals surface area (Å²) in [6.45, 7) is -0.0227. The number of oxazole rings is 1. The lowest BCUT2D eigenvalue weighted by Gasteiger charge is -2.05. The SMILES string of the molecule is COc1cc(OC)cc(-c2nc3cc(CO)ccc3o2)c1. The third-order valence-corrected chi connectivity index (χ3v) is 3.23. The fourth-order valence-corrected chi connectivity index (χ4v) is 2.13. The average Bonchev–Trinajstić information content (AvgIpc) is 2.97. The predicted octanol–water partition coefficient (Wildman–Crippen LogP) is 3.00. The summed E-state index contributed by atoms with van der Waals surface area (Å²) in [7, 11) is 3.19. The highest BCUT2D eigenvalue weighted by Crippen LogP contribution is 2.31. The molecular weight excluding hydrogens is 270 g/mol. The molecule has 0 saturated heterocycles. The Labute approximate surface area is 121 Å². The number of aliphatic hydroxyl groups is 1. The highest BCUT2D eigenvalue weighted by atomic mass is 16.5. The molecule has 0 atom stereocenters. The van der Waals surface area contributed by atoms with E-state index in [1.165, 1.54) is 0 Å². The topological polar surface area (TPSA) is 64.7 Å². The van der Waals surface area contributed by atoms with E-state index in [0.717, 1.165) is 11.1 Å². The normalized spacial score (nSPS) is 10.8. The highest BCUT2D eigenvalue weighted by molar-refractivity contribution is 5.77. The first-order valence-electron chi connectivity index (χ1n) is 6.47. The fourth-order valence-electron chi connectivity index (χ4n) is 2.13. The standard InChI is InChI=1S/C16H15NO4/c1-19-12-6-11(7-13(8-12)20-2)16-17-14-5-10(9-18)3-4-15(14)21-16/h3-8,18H,9H2,1-2H3. The van der Waals surface area contributed by atoms with E-state index in [2.05, 4.69) is 4.98 Å². The first-order chi connectivity index (χ1) is 10.2. The largest absolute Gasteiger partial charge is 0.497 e. The van der Waals surface area contributed by atoms with E-state index in [4.69, 9.17) is 19.0 Å². The molecule has 0 unspecified atom stereocenters. The van der Waals surface area contributed by atoms with Crippen LogP contribution in [0, 0.1) is 0 Å². The van der Waals surface area contributed by atoms with E-state index in [0.29, 0.717) is 28.5 Å². The molecule has 0 aliphatic carbocycles. The predicted molar refractivity (Wildman–Crippen MR) is 78.5 cm³/mol. The monoisotopic (exact) mass is 285 g/mol. The van der Waals surface area contributed by atoms with Crippen molar-refractivity contribution >= 4 is 11.1 Å². The quantitative estimate of drug-likeness (QED) is 0.798. The summed E-state index contributed by atoms with van der Waals surface area (Å²) in [6.07, 6.45) is 0. The molecule has 1 N–H and O–H groups in total. The molecule has 2 aromatic carbocycles. The van der Waals surface area contributed by atoms with Crippen molar-refractivity contribution in [3.8, 4) is 23.0 Å². The van der Waals surface area contributed by atoms with Gasteiger partial charge in [-0.1, -0.05) is 6.07 Å². The summed E-state index contributed by atoms with van der Waals surface area (Å²) < 4.78 is 16.2. The Morgan fingerprint density at radius 1 is 1.05 bits per heavy atom. The zero-order chi connectivity index (χ0) is 14.8. The van der Waals surface area contributed by atoms with Gasteiger partial charge in [-0.25, -0.2) is 4.98 Å². The van der Waals surface area contributed by atoms with Gasteiger partial charge >= 0.3 is 0 Å². The number of methoxy groups -OCH3 is 2. The van der Waals surface area contributed by atoms with Gasteiger partial charge in [0, 0.05) is 11.6 Å². The smallest absolute Gasteiger partial charge is 0.227 e. The van der Waals surface area contributed by atoms with Crippen LogP contribution in [0.4, 0.5) is 0 Å². The summed E-state index contributed by atoms with van der Waals surface area (Å²) >= 11 is 0. The minimum Gasteiger partial charge on any atom is -0.497 e. The minimum atomic E-state index is -0.0227. The maximum atomic E-state index is 9.17. The molecule has 0 bridgehead atoms. The third kappa shape index (κ3) is 2.55. The summed E-state index contributed by atoms with van der Waals surface area (Å²) in [6, 6.07) is 10.9. The molecule has 0 fully saturated rings. The molecule has 5 nitrogen and oxygen atoms in total. The molecule has 0 radical (unpaired) electrons. The lowest BCUT2D eigenvalue weighted by Crippen LogP contribution is -1.88. The van der Waals surface area contributed by atoms with Crippen LogP contribution >= 0.6 is 0 Å². The molecule has 108 valence electrons. The number of fused-ring (bicyclic) bond motifs is 1. The second-order valence-corrected chi connectivity index (χ2v) is 4.58. The van der Waals surface area contributed by atoms with E-state index in [-0.39, 0.29) is 6.61 Å². The van der Waals surface area contributed by atoms with Gasteiger partial charge in [-0.2, -0.15) is 0 Å². The van der Waals surface area contributed by atoms with E-state index in [1.807, 2.05) is 18.2 Å². The fraction of sp³-hybridized carbons (Fsp3) is 0.188. The van der Waals surface area contributed by atoms with Crippen LogP contribution in [-0.2, 0) is 6.61 Å². The maximum Gasteiger partial charge on any atom is 0.227 e. The van der Waals surface area contributed by atoms with Gasteiger partial charge in [0.2, 0.25) is 5.89 Å². The molecule has 0 aliphatic rings. The maximum absolute atomic E-state index is 9.17. The Hall–Kier alpha value is -2.53. The Morgan fingerprint density at radius 2 is 1.76 bits per heavy atom. The van der Waals surface area contributed by atoms with Crippen LogP contribution in [0.1, 0.15) is 5.56 Å². The minimum absolute atomic E-state index is 0.0227. The molecule has 0 aliphatic heterocycles. The van der Waals surface area contributed by atoms with Gasteiger partial charge in [0.1, 0.15) is 17.0 Å². The number of hydrogen-bond acceptors (Lipinski definition) is 5. The zero-order valence-corrected chi connectivity index (χ0v) is 11.8. The van der Waals surface area contributed by atoms with Gasteiger partial charge in [-0.05, 0) is 29.8 Å². The van der Waals surface area contributed by atoms with Crippen molar-refractivity contribution in [1.82, 2.24) is 4.98 Å². The van der Waals surface area contributed by atoms with Crippen molar-refractivity contribution in [1.29, 1.82) is 0 Å². The number of nitrogens with zero attached hydrogens (tertiary/aromatic N) is 1. The number of ether oxygens (including phenoxy) is 2. The van der Waals surface area contributed by atoms with Crippen LogP contribution in [0.15, 0.2) is 40.8 Å². The number of rotatable bonds is 4. The molecule has 0 saturated carbocycles. The molecule has 3 aromatic rings. The van der Waals surface area contributed by atoms with Crippen LogP contribution in [0.2, 0.25) is 0 Å². The first-order valence-corrected chi connectivity index (χ1v) is 6.47. The van der Waals surface area contributed by atoms with Crippen molar-refractivity contribution in [2.24, 2.45) is 0 Å². The lowest BCUT2D eigenvalue weighted by atomic mass is 10.2. The second-order valence-electron chi connectivity index (χ2n) is 4.58. The van der Waals surface area contributed by atoms with Crippen molar-refractivity contribution < 1.29 is 19.0 Å². The van der Waals surface area contributed by atoms with Crippen molar-refractivity contribution in [3.05, 3.63) is 42.0 Å². The zero-order valence-electron chi connectivity index (χ0n) is 11.8. The molecule has 5 heteroatoms. The Bertz CT molecular complexity index is 757. The van der Waals surface area contributed by atoms with Crippen LogP contribution in [-0.4, -0.2) is 24.3 Å². The first kappa shape index (κ1) is 13.5. The molecule has 3 rings (SSSR count). The lowest BCUT2D eigenvalue weighted by molar-refractivity contribution is 0.282. The molecular formula is C16H15NO4. The van der Waals surface area contributed by atoms with Gasteiger partial charge in [0.05, 0.1) is 20.8 Å². The Kier molecular flexibility index (Phi) is 3.50. The van der Waals surface area contributed by atoms with Crippen molar-refractivity contribution in [2.75, 3.05) is 14.2 Å². The van der Waals surface area contributed by atoms with E-state index < -0.39 is 0 Å². The average molecular weight is 285 g/mol. The molecule has 0 amide bonds. The van der Waals surface area contributed by atoms with Gasteiger partial charge in [0.15, 0.2) is 5.58 Å². The molecule has 1 aromatic heterocycles. The van der Waals surface area contributed by atoms with Crippen molar-refractivity contribution in [3.63, 3.8) is 0 Å². The molecule has 1 heterocycles. The van der Waals surface area contributed by atoms with Crippen LogP contribution < -0.4 is 9.47 Å². The number of benzene rings is 2. The summed E-state index contributed by atoms with van der Waals surface area (Å²) in [4.78, 5) is 4.45. The van der Waals surface area contributed by atoms with E-state index in [1.54, 1.807) is 32.4 Å². The Morgan fingerprint density at radius 3 is 2.38 bits per heavy atom. The summed E-state index contributed by atoms with van der Waals surface area (Å²) in [5.41, 5.74) is 2.95. The van der Waals surface area contributed by atoms with Crippen molar-refractivity contribution in [2.45, 2.75) is 6.61 Å². The van der Waals surface area contributed by atoms with Gasteiger partial charge in [-0.3, -0.25) is 0 Å². The van der Waals surface area contributed by atoms with Crippen LogP contribution in [0.3, 0.4) is 0 Å². The van der Waals surface area contributed by atoms with Gasteiger partial charge in [0.25, 0.3) is 0 Å². The van der Waals surface area contributed by atoms with E-state index in [9.17, 15) is 0 Å². The van der Waals surface area contributed by atoms with E-state index >= 15 is 0 Å². The number of aliphatic hydroxyl groups excluding tert-OH is 1. The molecule has 21 heavy (non-hydrogen) atoms. The van der Waals surface area contributed by atoms with Crippen LogP contribution in [0.25, 0.3) is 22.6 Å². The summed E-state index contributed by atoms with van der Waals surface area (Å²) in [5.74, 6) is 1.82.